The average molecular weight is 270 g/mol. The standard InChI is InChI=1S/C9H10N4O4S/c14-18(15,16)5-1-3-13-4-2-8(6-11-13)9-12-10-7-17-9/h2,4,6-7H,1,3,5H2. The molecule has 0 spiro atoms. The lowest BCUT2D eigenvalue weighted by atomic mass is 10.3. The molecule has 0 aromatic carbocycles. The van der Waals surface area contributed by atoms with Crippen LogP contribution in [-0.2, 0) is 16.7 Å². The minimum atomic E-state index is -4.16. The van der Waals surface area contributed by atoms with Gasteiger partial charge in [-0.05, 0) is 5.10 Å². The number of aromatic nitrogens is 4. The van der Waals surface area contributed by atoms with Crippen molar-refractivity contribution in [2.45, 2.75) is 13.0 Å². The van der Waals surface area contributed by atoms with Crippen LogP contribution in [0.4, 0.5) is 0 Å². The fourth-order valence-corrected chi connectivity index (χ4v) is 1.83. The molecule has 2 aromatic rings. The summed E-state index contributed by atoms with van der Waals surface area (Å²) in [6.07, 6.45) is 4.62. The van der Waals surface area contributed by atoms with Crippen LogP contribution in [-0.4, -0.2) is 34.0 Å². The molecular formula is C9H10N4O4S. The first-order valence-corrected chi connectivity index (χ1v) is 6.68. The minimum Gasteiger partial charge on any atom is -0.748 e. The van der Waals surface area contributed by atoms with Crippen LogP contribution in [0, 0.1) is 0 Å². The zero-order chi connectivity index (χ0) is 13.0. The van der Waals surface area contributed by atoms with Gasteiger partial charge in [0.05, 0.1) is 15.7 Å². The third-order valence-corrected chi connectivity index (χ3v) is 2.95. The van der Waals surface area contributed by atoms with Crippen molar-refractivity contribution in [1.82, 2.24) is 15.3 Å². The van der Waals surface area contributed by atoms with E-state index in [2.05, 4.69) is 15.3 Å². The summed E-state index contributed by atoms with van der Waals surface area (Å²) >= 11 is 0. The van der Waals surface area contributed by atoms with Gasteiger partial charge in [0.2, 0.25) is 12.3 Å². The molecule has 0 N–H and O–H groups in total. The molecule has 2 aromatic heterocycles. The highest BCUT2D eigenvalue weighted by molar-refractivity contribution is 7.85. The Kier molecular flexibility index (Phi) is 3.63. The molecule has 0 atom stereocenters. The van der Waals surface area contributed by atoms with Gasteiger partial charge in [-0.1, -0.05) is 4.68 Å². The van der Waals surface area contributed by atoms with Gasteiger partial charge in [-0.25, -0.2) is 8.42 Å². The molecule has 0 aliphatic rings. The van der Waals surface area contributed by atoms with Crippen LogP contribution in [0.2, 0.25) is 0 Å². The van der Waals surface area contributed by atoms with Crippen molar-refractivity contribution in [3.8, 4) is 11.5 Å². The molecule has 96 valence electrons. The highest BCUT2D eigenvalue weighted by atomic mass is 32.2. The topological polar surface area (TPSA) is 113 Å². The van der Waals surface area contributed by atoms with Crippen LogP contribution in [0.1, 0.15) is 6.42 Å². The van der Waals surface area contributed by atoms with Gasteiger partial charge >= 0.3 is 0 Å². The second kappa shape index (κ2) is 5.19. The van der Waals surface area contributed by atoms with Gasteiger partial charge < -0.3 is 8.97 Å². The first-order chi connectivity index (χ1) is 8.54. The maximum absolute atomic E-state index is 10.4. The monoisotopic (exact) mass is 270 g/mol. The normalized spacial score (nSPS) is 11.6. The lowest BCUT2D eigenvalue weighted by molar-refractivity contribution is -0.753. The first kappa shape index (κ1) is 12.6. The predicted molar refractivity (Wildman–Crippen MR) is 56.9 cm³/mol. The minimum absolute atomic E-state index is 0.226. The van der Waals surface area contributed by atoms with E-state index in [1.54, 1.807) is 12.3 Å². The van der Waals surface area contributed by atoms with Crippen molar-refractivity contribution >= 4 is 10.1 Å². The van der Waals surface area contributed by atoms with E-state index < -0.39 is 15.9 Å². The Morgan fingerprint density at radius 3 is 2.83 bits per heavy atom. The molecular weight excluding hydrogens is 260 g/mol. The van der Waals surface area contributed by atoms with Crippen molar-refractivity contribution in [3.63, 3.8) is 0 Å². The van der Waals surface area contributed by atoms with Crippen LogP contribution < -0.4 is 4.68 Å². The van der Waals surface area contributed by atoms with E-state index in [1.807, 2.05) is 0 Å². The number of nitrogens with zero attached hydrogens (tertiary/aromatic N) is 4. The van der Waals surface area contributed by atoms with E-state index in [9.17, 15) is 13.0 Å². The summed E-state index contributed by atoms with van der Waals surface area (Å²) in [4.78, 5) is 0. The van der Waals surface area contributed by atoms with Crippen molar-refractivity contribution in [3.05, 3.63) is 24.9 Å². The van der Waals surface area contributed by atoms with E-state index in [1.165, 1.54) is 17.3 Å². The molecule has 9 heteroatoms. The third-order valence-electron chi connectivity index (χ3n) is 2.16. The molecule has 0 fully saturated rings. The number of hydrogen-bond donors (Lipinski definition) is 0. The molecule has 0 amide bonds. The maximum atomic E-state index is 10.4. The van der Waals surface area contributed by atoms with E-state index in [0.29, 0.717) is 18.0 Å². The molecule has 0 unspecified atom stereocenters. The zero-order valence-corrected chi connectivity index (χ0v) is 10.1. The van der Waals surface area contributed by atoms with Crippen molar-refractivity contribution in [2.75, 3.05) is 5.75 Å². The van der Waals surface area contributed by atoms with E-state index in [0.717, 1.165) is 0 Å². The average Bonchev–Trinajstić information content (AvgIpc) is 2.82. The quantitative estimate of drug-likeness (QED) is 0.524. The van der Waals surface area contributed by atoms with Crippen LogP contribution in [0.15, 0.2) is 29.3 Å². The maximum Gasteiger partial charge on any atom is 0.249 e. The Balaban J connectivity index is 1.96. The van der Waals surface area contributed by atoms with E-state index >= 15 is 0 Å². The predicted octanol–water partition coefficient (Wildman–Crippen LogP) is -0.646. The van der Waals surface area contributed by atoms with Gasteiger partial charge in [0.25, 0.3) is 0 Å². The Morgan fingerprint density at radius 1 is 1.44 bits per heavy atom. The molecule has 0 saturated carbocycles. The van der Waals surface area contributed by atoms with Crippen LogP contribution in [0.25, 0.3) is 11.5 Å². The fourth-order valence-electron chi connectivity index (χ4n) is 1.35. The molecule has 2 rings (SSSR count). The number of aryl methyl sites for hydroxylation is 1. The number of rotatable bonds is 5. The highest BCUT2D eigenvalue weighted by Crippen LogP contribution is 2.11. The fraction of sp³-hybridized carbons (Fsp3) is 0.333. The SMILES string of the molecule is O=S(=O)([O-])CCC[n+]1ccc(-c2nnco2)cn1. The van der Waals surface area contributed by atoms with Crippen molar-refractivity contribution in [1.29, 1.82) is 0 Å². The second-order valence-corrected chi connectivity index (χ2v) is 5.06. The molecule has 0 radical (unpaired) electrons. The largest absolute Gasteiger partial charge is 0.748 e. The molecule has 0 aliphatic carbocycles. The van der Waals surface area contributed by atoms with Crippen LogP contribution in [0.3, 0.4) is 0 Å². The summed E-state index contributed by atoms with van der Waals surface area (Å²) < 4.78 is 37.8. The van der Waals surface area contributed by atoms with Crippen LogP contribution in [0.5, 0.6) is 0 Å². The van der Waals surface area contributed by atoms with Crippen LogP contribution >= 0.6 is 0 Å². The molecule has 0 saturated heterocycles. The van der Waals surface area contributed by atoms with Gasteiger partial charge in [0.1, 0.15) is 6.20 Å². The van der Waals surface area contributed by atoms with E-state index in [4.69, 9.17) is 4.42 Å². The van der Waals surface area contributed by atoms with Crippen molar-refractivity contribution in [2.24, 2.45) is 0 Å². The summed E-state index contributed by atoms with van der Waals surface area (Å²) in [5.74, 6) is -0.0376. The smallest absolute Gasteiger partial charge is 0.249 e. The lowest BCUT2D eigenvalue weighted by Crippen LogP contribution is -2.38. The molecule has 8 nitrogen and oxygen atoms in total. The Labute approximate surface area is 103 Å². The molecule has 18 heavy (non-hydrogen) atoms. The van der Waals surface area contributed by atoms with Gasteiger partial charge in [0.15, 0.2) is 12.7 Å². The lowest BCUT2D eigenvalue weighted by Gasteiger charge is -2.03. The number of hydrogen-bond acceptors (Lipinski definition) is 7. The summed E-state index contributed by atoms with van der Waals surface area (Å²) in [6, 6.07) is 1.71. The summed E-state index contributed by atoms with van der Waals surface area (Å²) in [7, 11) is -4.16. The Bertz CT molecular complexity index is 594. The van der Waals surface area contributed by atoms with E-state index in [-0.39, 0.29) is 6.42 Å². The first-order valence-electron chi connectivity index (χ1n) is 5.10. The summed E-state index contributed by atoms with van der Waals surface area (Å²) in [6.45, 7) is 0.353. The van der Waals surface area contributed by atoms with Crippen molar-refractivity contribution < 1.29 is 22.1 Å². The van der Waals surface area contributed by atoms with Gasteiger partial charge in [0, 0.05) is 18.2 Å². The van der Waals surface area contributed by atoms with Gasteiger partial charge in [-0.2, -0.15) is 0 Å². The summed E-state index contributed by atoms with van der Waals surface area (Å²) in [5, 5.41) is 11.3. The second-order valence-electron chi connectivity index (χ2n) is 3.54. The third kappa shape index (κ3) is 3.57. The molecule has 0 aliphatic heterocycles. The molecule has 2 heterocycles. The van der Waals surface area contributed by atoms with Gasteiger partial charge in [-0.3, -0.25) is 0 Å². The summed E-state index contributed by atoms with van der Waals surface area (Å²) in [5.41, 5.74) is 0.667. The molecule has 0 bridgehead atoms. The Hall–Kier alpha value is -1.87. The van der Waals surface area contributed by atoms with Gasteiger partial charge in [-0.15, -0.1) is 10.2 Å². The highest BCUT2D eigenvalue weighted by Gasteiger charge is 2.08. The Morgan fingerprint density at radius 2 is 2.28 bits per heavy atom. The zero-order valence-electron chi connectivity index (χ0n) is 9.26.